The first kappa shape index (κ1) is 53.2. The summed E-state index contributed by atoms with van der Waals surface area (Å²) in [5, 5.41) is 8.89. The van der Waals surface area contributed by atoms with Crippen molar-refractivity contribution < 1.29 is 47.5 Å². The lowest BCUT2D eigenvalue weighted by Crippen LogP contribution is -2.34. The number of hydrogen-bond acceptors (Lipinski definition) is 9. The standard InChI is InChI=1S/C43H82NO10P/c1-3-5-7-9-11-13-15-17-19-21-22-24-26-28-30-32-34-41(45)51-36-39(37-52-55(49,50)53-38-40(44)43(47)48)54-42(46)35-33-31-29-27-25-23-20-18-16-14-12-10-8-6-4-2/h15,17,39-40H,3-14,16,18-38,44H2,1-2H3,(H,47,48)(H,49,50)/b17-15-/t39-,40+/m1/s1. The quantitative estimate of drug-likeness (QED) is 0.0232. The maximum absolute atomic E-state index is 12.6. The number of carbonyl (C=O) groups is 3. The second kappa shape index (κ2) is 39.1. The summed E-state index contributed by atoms with van der Waals surface area (Å²) in [6, 6.07) is -1.52. The van der Waals surface area contributed by atoms with Crippen LogP contribution in [0.25, 0.3) is 0 Å². The van der Waals surface area contributed by atoms with Gasteiger partial charge in [-0.3, -0.25) is 23.4 Å². The molecule has 0 aliphatic rings. The van der Waals surface area contributed by atoms with Crippen molar-refractivity contribution in [2.24, 2.45) is 5.73 Å². The van der Waals surface area contributed by atoms with Gasteiger partial charge in [0.1, 0.15) is 12.6 Å². The Morgan fingerprint density at radius 3 is 1.33 bits per heavy atom. The molecule has 0 aliphatic carbocycles. The van der Waals surface area contributed by atoms with E-state index in [2.05, 4.69) is 30.5 Å². The van der Waals surface area contributed by atoms with Crippen LogP contribution in [0.15, 0.2) is 12.2 Å². The van der Waals surface area contributed by atoms with Gasteiger partial charge in [-0.2, -0.15) is 0 Å². The summed E-state index contributed by atoms with van der Waals surface area (Å²) >= 11 is 0. The van der Waals surface area contributed by atoms with E-state index in [0.717, 1.165) is 44.9 Å². The lowest BCUT2D eigenvalue weighted by molar-refractivity contribution is -0.161. The molecule has 324 valence electrons. The van der Waals surface area contributed by atoms with Gasteiger partial charge in [-0.25, -0.2) is 4.57 Å². The van der Waals surface area contributed by atoms with Crippen LogP contribution in [0.4, 0.5) is 0 Å². The van der Waals surface area contributed by atoms with Gasteiger partial charge in [0, 0.05) is 12.8 Å². The Kier molecular flexibility index (Phi) is 37.8. The van der Waals surface area contributed by atoms with Crippen LogP contribution in [0, 0.1) is 0 Å². The van der Waals surface area contributed by atoms with Gasteiger partial charge in [0.05, 0.1) is 13.2 Å². The molecule has 0 aromatic carbocycles. The van der Waals surface area contributed by atoms with E-state index < -0.39 is 51.1 Å². The number of esters is 2. The van der Waals surface area contributed by atoms with Crippen molar-refractivity contribution in [3.05, 3.63) is 12.2 Å². The number of hydrogen-bond donors (Lipinski definition) is 3. The number of carboxylic acids is 1. The molecule has 11 nitrogen and oxygen atoms in total. The molecule has 0 amide bonds. The molecule has 0 bridgehead atoms. The van der Waals surface area contributed by atoms with Crippen LogP contribution in [0.1, 0.15) is 213 Å². The molecule has 0 aromatic rings. The molecule has 4 N–H and O–H groups in total. The third-order valence-electron chi connectivity index (χ3n) is 9.76. The minimum atomic E-state index is -4.71. The molecular formula is C43H82NO10P. The lowest BCUT2D eigenvalue weighted by atomic mass is 10.0. The van der Waals surface area contributed by atoms with Crippen molar-refractivity contribution in [2.75, 3.05) is 19.8 Å². The predicted molar refractivity (Wildman–Crippen MR) is 222 cm³/mol. The third kappa shape index (κ3) is 38.9. The lowest BCUT2D eigenvalue weighted by Gasteiger charge is -2.20. The van der Waals surface area contributed by atoms with E-state index in [1.165, 1.54) is 128 Å². The molecular weight excluding hydrogens is 721 g/mol. The molecule has 55 heavy (non-hydrogen) atoms. The molecule has 0 saturated heterocycles. The number of nitrogens with two attached hydrogens (primary N) is 1. The first-order chi connectivity index (χ1) is 26.6. The highest BCUT2D eigenvalue weighted by Crippen LogP contribution is 2.43. The van der Waals surface area contributed by atoms with E-state index in [4.69, 9.17) is 24.8 Å². The zero-order valence-corrected chi connectivity index (χ0v) is 35.9. The smallest absolute Gasteiger partial charge is 0.472 e. The normalized spacial score (nSPS) is 13.8. The van der Waals surface area contributed by atoms with Gasteiger partial charge in [-0.15, -0.1) is 0 Å². The fraction of sp³-hybridized carbons (Fsp3) is 0.884. The second-order valence-electron chi connectivity index (χ2n) is 15.2. The van der Waals surface area contributed by atoms with Crippen LogP contribution in [0.5, 0.6) is 0 Å². The van der Waals surface area contributed by atoms with Gasteiger partial charge in [-0.05, 0) is 38.5 Å². The summed E-state index contributed by atoms with van der Waals surface area (Å²) in [6.45, 7) is 2.81. The number of phosphoric ester groups is 1. The Balaban J connectivity index is 4.33. The average molecular weight is 804 g/mol. The van der Waals surface area contributed by atoms with Crippen molar-refractivity contribution in [1.29, 1.82) is 0 Å². The van der Waals surface area contributed by atoms with Crippen molar-refractivity contribution in [2.45, 2.75) is 225 Å². The molecule has 3 atom stereocenters. The summed E-state index contributed by atoms with van der Waals surface area (Å²) in [6.07, 6.45) is 38.4. The predicted octanol–water partition coefficient (Wildman–Crippen LogP) is 11.7. The number of aliphatic carboxylic acids is 1. The van der Waals surface area contributed by atoms with Gasteiger partial charge in [0.25, 0.3) is 0 Å². The van der Waals surface area contributed by atoms with E-state index >= 15 is 0 Å². The number of carbonyl (C=O) groups excluding carboxylic acids is 2. The summed E-state index contributed by atoms with van der Waals surface area (Å²) in [7, 11) is -4.71. The summed E-state index contributed by atoms with van der Waals surface area (Å²) in [4.78, 5) is 45.9. The van der Waals surface area contributed by atoms with Crippen molar-refractivity contribution in [3.8, 4) is 0 Å². The molecule has 0 aliphatic heterocycles. The third-order valence-corrected chi connectivity index (χ3v) is 10.7. The van der Waals surface area contributed by atoms with E-state index in [9.17, 15) is 23.8 Å². The highest BCUT2D eigenvalue weighted by atomic mass is 31.2. The van der Waals surface area contributed by atoms with Crippen LogP contribution >= 0.6 is 7.82 Å². The molecule has 0 saturated carbocycles. The van der Waals surface area contributed by atoms with Gasteiger partial charge in [0.15, 0.2) is 6.10 Å². The maximum atomic E-state index is 12.6. The minimum Gasteiger partial charge on any atom is -0.480 e. The molecule has 0 rings (SSSR count). The van der Waals surface area contributed by atoms with Crippen molar-refractivity contribution in [3.63, 3.8) is 0 Å². The Morgan fingerprint density at radius 1 is 0.545 bits per heavy atom. The number of ether oxygens (including phenoxy) is 2. The SMILES string of the molecule is CCCCCCC/C=C\CCCCCCCCCC(=O)OC[C@H](COP(=O)(O)OC[C@H](N)C(=O)O)OC(=O)CCCCCCCCCCCCCCCCC. The molecule has 0 spiro atoms. The van der Waals surface area contributed by atoms with E-state index in [-0.39, 0.29) is 19.4 Å². The Morgan fingerprint density at radius 2 is 0.909 bits per heavy atom. The van der Waals surface area contributed by atoms with Crippen LogP contribution in [-0.4, -0.2) is 59.9 Å². The minimum absolute atomic E-state index is 0.166. The number of carboxylic acid groups (broad SMARTS) is 1. The van der Waals surface area contributed by atoms with Crippen LogP contribution < -0.4 is 5.73 Å². The first-order valence-electron chi connectivity index (χ1n) is 22.2. The first-order valence-corrected chi connectivity index (χ1v) is 23.7. The van der Waals surface area contributed by atoms with Crippen LogP contribution in [0.2, 0.25) is 0 Å². The molecule has 0 heterocycles. The fourth-order valence-electron chi connectivity index (χ4n) is 6.24. The largest absolute Gasteiger partial charge is 0.480 e. The number of allylic oxidation sites excluding steroid dienone is 2. The molecule has 0 fully saturated rings. The molecule has 0 aromatic heterocycles. The molecule has 0 radical (unpaired) electrons. The number of unbranched alkanes of at least 4 members (excludes halogenated alkanes) is 26. The Bertz CT molecular complexity index is 995. The van der Waals surface area contributed by atoms with Gasteiger partial charge in [-0.1, -0.05) is 174 Å². The highest BCUT2D eigenvalue weighted by molar-refractivity contribution is 7.47. The van der Waals surface area contributed by atoms with Crippen molar-refractivity contribution in [1.82, 2.24) is 0 Å². The monoisotopic (exact) mass is 804 g/mol. The zero-order chi connectivity index (χ0) is 40.7. The Labute approximate surface area is 335 Å². The summed E-state index contributed by atoms with van der Waals surface area (Å²) in [5.74, 6) is -2.37. The van der Waals surface area contributed by atoms with E-state index in [1.54, 1.807) is 0 Å². The van der Waals surface area contributed by atoms with E-state index in [0.29, 0.717) is 12.8 Å². The van der Waals surface area contributed by atoms with Gasteiger partial charge >= 0.3 is 25.7 Å². The fourth-order valence-corrected chi connectivity index (χ4v) is 7.02. The zero-order valence-electron chi connectivity index (χ0n) is 35.0. The average Bonchev–Trinajstić information content (AvgIpc) is 3.16. The molecule has 12 heteroatoms. The molecule has 1 unspecified atom stereocenters. The van der Waals surface area contributed by atoms with Crippen molar-refractivity contribution >= 4 is 25.7 Å². The topological polar surface area (TPSA) is 172 Å². The summed E-state index contributed by atoms with van der Waals surface area (Å²) < 4.78 is 32.7. The number of rotatable bonds is 42. The van der Waals surface area contributed by atoms with E-state index in [1.807, 2.05) is 0 Å². The number of phosphoric acid groups is 1. The van der Waals surface area contributed by atoms with Crippen LogP contribution in [0.3, 0.4) is 0 Å². The van der Waals surface area contributed by atoms with Crippen LogP contribution in [-0.2, 0) is 37.5 Å². The Hall–Kier alpha value is -1.78. The maximum Gasteiger partial charge on any atom is 0.472 e. The highest BCUT2D eigenvalue weighted by Gasteiger charge is 2.28. The summed E-state index contributed by atoms with van der Waals surface area (Å²) in [5.41, 5.74) is 5.33. The van der Waals surface area contributed by atoms with Gasteiger partial charge < -0.3 is 25.2 Å². The second-order valence-corrected chi connectivity index (χ2v) is 16.6. The van der Waals surface area contributed by atoms with Gasteiger partial charge in [0.2, 0.25) is 0 Å².